The molecule has 0 aliphatic rings. The van der Waals surface area contributed by atoms with Crippen LogP contribution in [0.15, 0.2) is 36.5 Å². The fourth-order valence-corrected chi connectivity index (χ4v) is 0.715. The highest BCUT2D eigenvalue weighted by Crippen LogP contribution is 1.98. The van der Waals surface area contributed by atoms with E-state index in [2.05, 4.69) is 0 Å². The zero-order valence-electron chi connectivity index (χ0n) is 5.53. The van der Waals surface area contributed by atoms with Crippen molar-refractivity contribution in [3.8, 4) is 0 Å². The van der Waals surface area contributed by atoms with E-state index in [-0.39, 0.29) is 0 Å². The second-order valence-corrected chi connectivity index (χ2v) is 1.91. The molecule has 0 saturated carbocycles. The third kappa shape index (κ3) is 2.01. The Morgan fingerprint density at radius 3 is 2.50 bits per heavy atom. The van der Waals surface area contributed by atoms with Gasteiger partial charge in [-0.2, -0.15) is 0 Å². The van der Waals surface area contributed by atoms with Crippen molar-refractivity contribution >= 4 is 6.08 Å². The van der Waals surface area contributed by atoms with Crippen molar-refractivity contribution in [2.24, 2.45) is 0 Å². The summed E-state index contributed by atoms with van der Waals surface area (Å²) in [5.74, 6) is 0. The average molecular weight is 135 g/mol. The molecular weight excluding hydrogens is 126 g/mol. The molecule has 0 aliphatic carbocycles. The highest BCUT2D eigenvalue weighted by atomic mass is 16.5. The minimum Gasteiger partial charge on any atom is -0.631 e. The van der Waals surface area contributed by atoms with Crippen LogP contribution in [-0.4, -0.2) is 0 Å². The van der Waals surface area contributed by atoms with E-state index in [4.69, 9.17) is 0 Å². The summed E-state index contributed by atoms with van der Waals surface area (Å²) in [6.45, 7) is 0. The molecule has 0 fully saturated rings. The maximum absolute atomic E-state index is 9.89. The highest BCUT2D eigenvalue weighted by Gasteiger charge is 1.79. The summed E-state index contributed by atoms with van der Waals surface area (Å²) in [5.41, 5.74) is 1.82. The number of benzene rings is 1. The third-order valence-corrected chi connectivity index (χ3v) is 1.17. The van der Waals surface area contributed by atoms with Gasteiger partial charge >= 0.3 is 0 Å². The Morgan fingerprint density at radius 2 is 1.90 bits per heavy atom. The Kier molecular flexibility index (Phi) is 2.67. The molecule has 1 aromatic carbocycles. The lowest BCUT2D eigenvalue weighted by Gasteiger charge is -1.91. The van der Waals surface area contributed by atoms with Gasteiger partial charge in [-0.3, -0.25) is 0 Å². The largest absolute Gasteiger partial charge is 0.631 e. The summed E-state index contributed by atoms with van der Waals surface area (Å²) < 4.78 is 0. The number of hydrogen-bond donors (Lipinski definition) is 1. The standard InChI is InChI=1S/C8H9NO/c10-9-7-6-8-4-2-1-3-5-8/h1-7H,9H2. The molecule has 0 radical (unpaired) electrons. The molecular formula is C8H9NO. The number of hydroxylamine groups is 1. The minimum atomic E-state index is 0.771. The lowest BCUT2D eigenvalue weighted by atomic mass is 10.2. The second-order valence-electron chi connectivity index (χ2n) is 1.91. The van der Waals surface area contributed by atoms with E-state index >= 15 is 0 Å². The van der Waals surface area contributed by atoms with Crippen molar-refractivity contribution in [1.29, 1.82) is 0 Å². The Morgan fingerprint density at radius 1 is 1.20 bits per heavy atom. The molecule has 1 aromatic rings. The van der Waals surface area contributed by atoms with Crippen LogP contribution in [0.25, 0.3) is 6.08 Å². The van der Waals surface area contributed by atoms with Crippen molar-refractivity contribution in [2.45, 2.75) is 0 Å². The predicted molar refractivity (Wildman–Crippen MR) is 40.8 cm³/mol. The van der Waals surface area contributed by atoms with Crippen LogP contribution < -0.4 is 5.48 Å². The summed E-state index contributed by atoms with van der Waals surface area (Å²) in [4.78, 5) is 0. The van der Waals surface area contributed by atoms with Gasteiger partial charge in [0.15, 0.2) is 0 Å². The van der Waals surface area contributed by atoms with Crippen LogP contribution >= 0.6 is 0 Å². The molecule has 0 amide bonds. The second kappa shape index (κ2) is 3.82. The normalized spacial score (nSPS) is 10.5. The zero-order valence-corrected chi connectivity index (χ0v) is 5.53. The molecule has 2 heteroatoms. The van der Waals surface area contributed by atoms with Crippen molar-refractivity contribution < 1.29 is 5.48 Å². The number of nitrogens with two attached hydrogens (primary N) is 1. The molecule has 0 aliphatic heterocycles. The predicted octanol–water partition coefficient (Wildman–Crippen LogP) is 0.719. The van der Waals surface area contributed by atoms with Gasteiger partial charge in [-0.25, -0.2) is 0 Å². The third-order valence-electron chi connectivity index (χ3n) is 1.17. The minimum absolute atomic E-state index is 0.771. The van der Waals surface area contributed by atoms with E-state index in [1.54, 1.807) is 6.08 Å². The van der Waals surface area contributed by atoms with Gasteiger partial charge in [-0.1, -0.05) is 30.3 Å². The van der Waals surface area contributed by atoms with Crippen LogP contribution in [0.3, 0.4) is 0 Å². The van der Waals surface area contributed by atoms with Gasteiger partial charge < -0.3 is 10.7 Å². The van der Waals surface area contributed by atoms with Crippen LogP contribution in [-0.2, 0) is 0 Å². The van der Waals surface area contributed by atoms with E-state index in [0.717, 1.165) is 11.0 Å². The monoisotopic (exact) mass is 135 g/mol. The first-order valence-electron chi connectivity index (χ1n) is 3.10. The Hall–Kier alpha value is -1.12. The van der Waals surface area contributed by atoms with Crippen molar-refractivity contribution in [3.63, 3.8) is 0 Å². The highest BCUT2D eigenvalue weighted by molar-refractivity contribution is 5.46. The first-order chi connectivity index (χ1) is 4.93. The van der Waals surface area contributed by atoms with Gasteiger partial charge in [0, 0.05) is 0 Å². The molecule has 0 spiro atoms. The van der Waals surface area contributed by atoms with Crippen LogP contribution in [0.1, 0.15) is 5.56 Å². The maximum atomic E-state index is 9.89. The van der Waals surface area contributed by atoms with Gasteiger partial charge in [0.1, 0.15) is 0 Å². The number of hydrogen-bond acceptors (Lipinski definition) is 1. The van der Waals surface area contributed by atoms with Gasteiger partial charge in [0.25, 0.3) is 0 Å². The average Bonchev–Trinajstić information content (AvgIpc) is 2.03. The van der Waals surface area contributed by atoms with E-state index in [0.29, 0.717) is 0 Å². The molecule has 2 nitrogen and oxygen atoms in total. The summed E-state index contributed by atoms with van der Waals surface area (Å²) >= 11 is 0. The van der Waals surface area contributed by atoms with Gasteiger partial charge in [-0.15, -0.1) is 0 Å². The molecule has 1 rings (SSSR count). The van der Waals surface area contributed by atoms with Gasteiger partial charge in [-0.05, 0) is 11.6 Å². The summed E-state index contributed by atoms with van der Waals surface area (Å²) in [6, 6.07) is 9.70. The molecule has 0 atom stereocenters. The van der Waals surface area contributed by atoms with Crippen molar-refractivity contribution in [1.82, 2.24) is 0 Å². The number of rotatable bonds is 2. The van der Waals surface area contributed by atoms with E-state index in [9.17, 15) is 5.21 Å². The molecule has 2 N–H and O–H groups in total. The van der Waals surface area contributed by atoms with E-state index < -0.39 is 0 Å². The lowest BCUT2D eigenvalue weighted by Crippen LogP contribution is -2.69. The van der Waals surface area contributed by atoms with Crippen LogP contribution in [0.2, 0.25) is 0 Å². The van der Waals surface area contributed by atoms with Crippen molar-refractivity contribution in [2.75, 3.05) is 0 Å². The smallest absolute Gasteiger partial charge is 0.0931 e. The van der Waals surface area contributed by atoms with Crippen LogP contribution in [0.5, 0.6) is 0 Å². The van der Waals surface area contributed by atoms with Gasteiger partial charge in [0.2, 0.25) is 0 Å². The fourth-order valence-electron chi connectivity index (χ4n) is 0.715. The van der Waals surface area contributed by atoms with Crippen LogP contribution in [0.4, 0.5) is 0 Å². The Balaban J connectivity index is 2.67. The summed E-state index contributed by atoms with van der Waals surface area (Å²) in [6.07, 6.45) is 3.25. The molecule has 10 heavy (non-hydrogen) atoms. The Bertz CT molecular complexity index is 206. The molecule has 0 bridgehead atoms. The quantitative estimate of drug-likeness (QED) is 0.596. The van der Waals surface area contributed by atoms with E-state index in [1.807, 2.05) is 30.3 Å². The maximum Gasteiger partial charge on any atom is 0.0931 e. The molecule has 52 valence electrons. The van der Waals surface area contributed by atoms with Crippen molar-refractivity contribution in [3.05, 3.63) is 47.3 Å². The fraction of sp³-hybridized carbons (Fsp3) is 0. The molecule has 0 unspecified atom stereocenters. The number of quaternary nitrogens is 1. The summed E-state index contributed by atoms with van der Waals surface area (Å²) in [5, 5.41) is 9.89. The summed E-state index contributed by atoms with van der Waals surface area (Å²) in [7, 11) is 0. The molecule has 0 heterocycles. The zero-order chi connectivity index (χ0) is 7.23. The topological polar surface area (TPSA) is 39.7 Å². The molecule has 0 aromatic heterocycles. The van der Waals surface area contributed by atoms with Gasteiger partial charge in [0.05, 0.1) is 6.20 Å². The SMILES string of the molecule is [O-][NH2+]C=Cc1ccccc1. The lowest BCUT2D eigenvalue weighted by molar-refractivity contribution is -0.513. The first kappa shape index (κ1) is 6.99. The Labute approximate surface area is 59.8 Å². The first-order valence-corrected chi connectivity index (χ1v) is 3.10. The molecule has 0 saturated heterocycles. The van der Waals surface area contributed by atoms with Crippen LogP contribution in [0, 0.1) is 5.21 Å². The van der Waals surface area contributed by atoms with E-state index in [1.165, 1.54) is 6.20 Å².